The number of nitrogens with zero attached hydrogens (tertiary/aromatic N) is 2. The number of hydrogen-bond acceptors (Lipinski definition) is 5. The largest absolute Gasteiger partial charge is 0.459 e. The number of aryl methyl sites for hydroxylation is 1. The number of anilines is 2. The number of para-hydroxylation sites is 1. The van der Waals surface area contributed by atoms with Crippen molar-refractivity contribution in [2.24, 2.45) is 0 Å². The fraction of sp³-hybridized carbons (Fsp3) is 0.130. The molecule has 0 aliphatic rings. The molecular formula is C23H17ClF2N2O4. The lowest BCUT2D eigenvalue weighted by Crippen LogP contribution is -2.36. The Morgan fingerprint density at radius 2 is 1.69 bits per heavy atom. The summed E-state index contributed by atoms with van der Waals surface area (Å²) in [6, 6.07) is 10.3. The van der Waals surface area contributed by atoms with Gasteiger partial charge in [-0.25, -0.2) is 23.5 Å². The molecule has 0 aliphatic heterocycles. The number of ketones is 1. The summed E-state index contributed by atoms with van der Waals surface area (Å²) in [5, 5.41) is 0.509. The highest BCUT2D eigenvalue weighted by molar-refractivity contribution is 6.39. The van der Waals surface area contributed by atoms with Crippen LogP contribution in [0.2, 0.25) is 5.02 Å². The molecule has 1 heterocycles. The fourth-order valence-electron chi connectivity index (χ4n) is 2.91. The summed E-state index contributed by atoms with van der Waals surface area (Å²) in [7, 11) is 0. The van der Waals surface area contributed by atoms with Crippen molar-refractivity contribution >= 4 is 40.8 Å². The average molecular weight is 459 g/mol. The van der Waals surface area contributed by atoms with E-state index in [0.717, 1.165) is 24.4 Å². The summed E-state index contributed by atoms with van der Waals surface area (Å²) >= 11 is 5.99. The lowest BCUT2D eigenvalue weighted by atomic mass is 10.0. The van der Waals surface area contributed by atoms with Gasteiger partial charge in [0.05, 0.1) is 6.61 Å². The van der Waals surface area contributed by atoms with E-state index in [4.69, 9.17) is 11.6 Å². The van der Waals surface area contributed by atoms with Gasteiger partial charge in [0, 0.05) is 22.3 Å². The van der Waals surface area contributed by atoms with Crippen molar-refractivity contribution in [2.45, 2.75) is 13.8 Å². The standard InChI is InChI=1S/C23H17ClF2N2O4/c1-3-32-23(31)22(30)28(20-17(25)5-4-6-18(20)26)19-10-8-15(12-27-19)21(29)14-7-9-16(24)13(2)11-14/h4-12H,3H2,1-2H3. The highest BCUT2D eigenvalue weighted by atomic mass is 35.5. The van der Waals surface area contributed by atoms with Gasteiger partial charge < -0.3 is 4.74 Å². The van der Waals surface area contributed by atoms with E-state index in [1.165, 1.54) is 19.1 Å². The third-order valence-electron chi connectivity index (χ3n) is 4.47. The number of esters is 1. The topological polar surface area (TPSA) is 76.6 Å². The van der Waals surface area contributed by atoms with E-state index >= 15 is 0 Å². The number of pyridine rings is 1. The van der Waals surface area contributed by atoms with Crippen LogP contribution in [0.3, 0.4) is 0 Å². The number of hydrogen-bond donors (Lipinski definition) is 0. The summed E-state index contributed by atoms with van der Waals surface area (Å²) in [5.74, 6) is -5.45. The van der Waals surface area contributed by atoms with Gasteiger partial charge in [-0.1, -0.05) is 17.7 Å². The van der Waals surface area contributed by atoms with Gasteiger partial charge in [-0.3, -0.25) is 9.59 Å². The van der Waals surface area contributed by atoms with Gasteiger partial charge in [-0.05, 0) is 61.9 Å². The molecule has 1 aromatic heterocycles. The van der Waals surface area contributed by atoms with Crippen LogP contribution in [-0.2, 0) is 14.3 Å². The first-order valence-electron chi connectivity index (χ1n) is 9.46. The minimum Gasteiger partial charge on any atom is -0.459 e. The molecule has 1 amide bonds. The molecule has 0 saturated heterocycles. The van der Waals surface area contributed by atoms with Gasteiger partial charge in [0.15, 0.2) is 5.78 Å². The quantitative estimate of drug-likeness (QED) is 0.312. The molecule has 0 saturated carbocycles. The molecule has 6 nitrogen and oxygen atoms in total. The van der Waals surface area contributed by atoms with Crippen molar-refractivity contribution in [3.05, 3.63) is 88.1 Å². The van der Waals surface area contributed by atoms with Crippen LogP contribution in [-0.4, -0.2) is 29.3 Å². The van der Waals surface area contributed by atoms with Crippen LogP contribution in [0, 0.1) is 18.6 Å². The van der Waals surface area contributed by atoms with Crippen LogP contribution in [0.1, 0.15) is 28.4 Å². The molecule has 3 rings (SSSR count). The number of carbonyl (C=O) groups excluding carboxylic acids is 3. The van der Waals surface area contributed by atoms with Crippen molar-refractivity contribution in [1.82, 2.24) is 4.98 Å². The molecule has 9 heteroatoms. The zero-order valence-corrected chi connectivity index (χ0v) is 17.8. The number of ether oxygens (including phenoxy) is 1. The van der Waals surface area contributed by atoms with Gasteiger partial charge in [0.2, 0.25) is 0 Å². The zero-order valence-electron chi connectivity index (χ0n) is 17.1. The van der Waals surface area contributed by atoms with E-state index in [1.807, 2.05) is 0 Å². The Hall–Kier alpha value is -3.65. The number of halogens is 3. The predicted molar refractivity (Wildman–Crippen MR) is 114 cm³/mol. The molecule has 2 aromatic carbocycles. The predicted octanol–water partition coefficient (Wildman–Crippen LogP) is 4.78. The third-order valence-corrected chi connectivity index (χ3v) is 4.90. The second kappa shape index (κ2) is 9.65. The summed E-state index contributed by atoms with van der Waals surface area (Å²) in [6.45, 7) is 3.12. The molecule has 3 aromatic rings. The second-order valence-electron chi connectivity index (χ2n) is 6.63. The monoisotopic (exact) mass is 458 g/mol. The van der Waals surface area contributed by atoms with Gasteiger partial charge in [-0.2, -0.15) is 0 Å². The Morgan fingerprint density at radius 3 is 2.25 bits per heavy atom. The number of carbonyl (C=O) groups is 3. The Kier molecular flexibility index (Phi) is 6.95. The highest BCUT2D eigenvalue weighted by Gasteiger charge is 2.31. The first-order chi connectivity index (χ1) is 15.2. The second-order valence-corrected chi connectivity index (χ2v) is 7.04. The van der Waals surface area contributed by atoms with Crippen LogP contribution >= 0.6 is 11.6 Å². The van der Waals surface area contributed by atoms with Gasteiger partial charge in [0.25, 0.3) is 0 Å². The number of amides is 1. The first kappa shape index (κ1) is 23.0. The van der Waals surface area contributed by atoms with Gasteiger partial charge in [0.1, 0.15) is 23.1 Å². The van der Waals surface area contributed by atoms with Crippen LogP contribution in [0.15, 0.2) is 54.7 Å². The molecule has 0 bridgehead atoms. The van der Waals surface area contributed by atoms with E-state index in [9.17, 15) is 23.2 Å². The zero-order chi connectivity index (χ0) is 23.4. The summed E-state index contributed by atoms with van der Waals surface area (Å²) in [4.78, 5) is 41.9. The van der Waals surface area contributed by atoms with E-state index in [-0.39, 0.29) is 23.8 Å². The smallest absolute Gasteiger partial charge is 0.397 e. The lowest BCUT2D eigenvalue weighted by Gasteiger charge is -2.22. The maximum atomic E-state index is 14.4. The Morgan fingerprint density at radius 1 is 1.03 bits per heavy atom. The molecular weight excluding hydrogens is 442 g/mol. The molecule has 164 valence electrons. The molecule has 0 spiro atoms. The number of benzene rings is 2. The number of aromatic nitrogens is 1. The molecule has 0 unspecified atom stereocenters. The normalized spacial score (nSPS) is 10.5. The molecule has 0 radical (unpaired) electrons. The number of rotatable bonds is 5. The maximum absolute atomic E-state index is 14.4. The van der Waals surface area contributed by atoms with Crippen LogP contribution in [0.4, 0.5) is 20.3 Å². The lowest BCUT2D eigenvalue weighted by molar-refractivity contribution is -0.152. The highest BCUT2D eigenvalue weighted by Crippen LogP contribution is 2.30. The average Bonchev–Trinajstić information content (AvgIpc) is 2.77. The molecule has 0 atom stereocenters. The van der Waals surface area contributed by atoms with Crippen molar-refractivity contribution in [3.8, 4) is 0 Å². The van der Waals surface area contributed by atoms with E-state index in [0.29, 0.717) is 21.0 Å². The van der Waals surface area contributed by atoms with Gasteiger partial charge >= 0.3 is 11.9 Å². The Balaban J connectivity index is 2.02. The van der Waals surface area contributed by atoms with Crippen molar-refractivity contribution in [2.75, 3.05) is 11.5 Å². The van der Waals surface area contributed by atoms with Crippen LogP contribution in [0.25, 0.3) is 0 Å². The molecule has 0 fully saturated rings. The summed E-state index contributed by atoms with van der Waals surface area (Å²) in [5.41, 5.74) is 0.447. The van der Waals surface area contributed by atoms with Crippen molar-refractivity contribution in [3.63, 3.8) is 0 Å². The van der Waals surface area contributed by atoms with E-state index < -0.39 is 29.2 Å². The van der Waals surface area contributed by atoms with Crippen molar-refractivity contribution < 1.29 is 27.9 Å². The molecule has 32 heavy (non-hydrogen) atoms. The third kappa shape index (κ3) is 4.65. The summed E-state index contributed by atoms with van der Waals surface area (Å²) in [6.07, 6.45) is 1.14. The Labute approximate surface area is 187 Å². The SMILES string of the molecule is CCOC(=O)C(=O)N(c1ccc(C(=O)c2ccc(Cl)c(C)c2)cn1)c1c(F)cccc1F. The Bertz CT molecular complexity index is 1180. The van der Waals surface area contributed by atoms with E-state index in [1.54, 1.807) is 25.1 Å². The van der Waals surface area contributed by atoms with Gasteiger partial charge in [-0.15, -0.1) is 0 Å². The van der Waals surface area contributed by atoms with Crippen LogP contribution < -0.4 is 4.90 Å². The first-order valence-corrected chi connectivity index (χ1v) is 9.84. The maximum Gasteiger partial charge on any atom is 0.397 e. The van der Waals surface area contributed by atoms with Crippen LogP contribution in [0.5, 0.6) is 0 Å². The molecule has 0 N–H and O–H groups in total. The minimum absolute atomic E-state index is 0.112. The van der Waals surface area contributed by atoms with E-state index in [2.05, 4.69) is 9.72 Å². The fourth-order valence-corrected chi connectivity index (χ4v) is 3.03. The van der Waals surface area contributed by atoms with Crippen molar-refractivity contribution in [1.29, 1.82) is 0 Å². The minimum atomic E-state index is -1.34. The summed E-state index contributed by atoms with van der Waals surface area (Å²) < 4.78 is 33.5. The molecule has 0 aliphatic carbocycles.